The lowest BCUT2D eigenvalue weighted by Crippen LogP contribution is -2.57. The molecule has 0 aromatic heterocycles. The summed E-state index contributed by atoms with van der Waals surface area (Å²) < 4.78 is 24.2. The summed E-state index contributed by atoms with van der Waals surface area (Å²) in [6, 6.07) is 7.63. The van der Waals surface area contributed by atoms with Gasteiger partial charge in [0.05, 0.1) is 0 Å². The fourth-order valence-corrected chi connectivity index (χ4v) is 4.70. The molecule has 0 bridgehead atoms. The first-order valence-corrected chi connectivity index (χ1v) is 9.86. The van der Waals surface area contributed by atoms with Gasteiger partial charge in [0.2, 0.25) is 5.91 Å². The lowest BCUT2D eigenvalue weighted by molar-refractivity contribution is -0.134. The third-order valence-electron chi connectivity index (χ3n) is 4.22. The molecule has 0 radical (unpaired) electrons. The number of hydrogen-bond acceptors (Lipinski definition) is 4. The van der Waals surface area contributed by atoms with Crippen LogP contribution in [0.3, 0.4) is 0 Å². The Morgan fingerprint density at radius 3 is 2.39 bits per heavy atom. The van der Waals surface area contributed by atoms with E-state index in [9.17, 15) is 13.2 Å². The molecule has 5 nitrogen and oxygen atoms in total. The largest absolute Gasteiger partial charge is 0.340 e. The van der Waals surface area contributed by atoms with Crippen molar-refractivity contribution < 1.29 is 13.2 Å². The minimum absolute atomic E-state index is 0. The third kappa shape index (κ3) is 4.26. The molecule has 1 aromatic rings. The van der Waals surface area contributed by atoms with Gasteiger partial charge in [-0.1, -0.05) is 34.1 Å². The minimum atomic E-state index is -3.48. The molecule has 0 saturated carbocycles. The highest BCUT2D eigenvalue weighted by Crippen LogP contribution is 2.30. The number of halogens is 2. The van der Waals surface area contributed by atoms with Gasteiger partial charge < -0.3 is 10.2 Å². The van der Waals surface area contributed by atoms with Crippen LogP contribution in [0.25, 0.3) is 0 Å². The summed E-state index contributed by atoms with van der Waals surface area (Å²) in [5, 5.41) is 3.12. The van der Waals surface area contributed by atoms with Gasteiger partial charge in [-0.05, 0) is 37.6 Å². The molecule has 0 unspecified atom stereocenters. The van der Waals surface area contributed by atoms with Gasteiger partial charge >= 0.3 is 0 Å². The van der Waals surface area contributed by atoms with Crippen LogP contribution in [0.4, 0.5) is 0 Å². The second kappa shape index (κ2) is 7.96. The van der Waals surface area contributed by atoms with E-state index in [0.29, 0.717) is 32.5 Å². The predicted octanol–water partition coefficient (Wildman–Crippen LogP) is 2.00. The van der Waals surface area contributed by atoms with E-state index in [1.54, 1.807) is 7.05 Å². The monoisotopic (exact) mass is 424 g/mol. The van der Waals surface area contributed by atoms with Gasteiger partial charge in [0, 0.05) is 24.3 Å². The zero-order valence-electron chi connectivity index (χ0n) is 13.2. The van der Waals surface area contributed by atoms with Crippen LogP contribution in [0.1, 0.15) is 18.4 Å². The molecule has 0 aliphatic carbocycles. The van der Waals surface area contributed by atoms with E-state index in [-0.39, 0.29) is 18.3 Å². The Morgan fingerprint density at radius 1 is 1.30 bits per heavy atom. The van der Waals surface area contributed by atoms with Crippen LogP contribution in [-0.4, -0.2) is 50.4 Å². The molecule has 0 atom stereocenters. The number of piperidine rings is 1. The number of carbonyl (C=O) groups is 1. The Balaban J connectivity index is 0.00000264. The number of nitrogens with one attached hydrogen (secondary N) is 1. The summed E-state index contributed by atoms with van der Waals surface area (Å²) in [6.07, 6.45) is 1.82. The first-order valence-electron chi connectivity index (χ1n) is 7.17. The number of hydrogen-bond donors (Lipinski definition) is 1. The maximum atomic E-state index is 12.9. The molecule has 1 N–H and O–H groups in total. The first kappa shape index (κ1) is 20.4. The molecule has 1 aliphatic rings. The molecule has 2 rings (SSSR count). The molecular weight excluding hydrogens is 404 g/mol. The van der Waals surface area contributed by atoms with Gasteiger partial charge in [-0.2, -0.15) is 0 Å². The lowest BCUT2D eigenvalue weighted by atomic mass is 9.95. The van der Waals surface area contributed by atoms with Crippen molar-refractivity contribution >= 4 is 44.1 Å². The zero-order valence-corrected chi connectivity index (χ0v) is 16.4. The Morgan fingerprint density at radius 2 is 1.87 bits per heavy atom. The highest BCUT2D eigenvalue weighted by atomic mass is 79.9. The minimum Gasteiger partial charge on any atom is -0.340 e. The Bertz CT molecular complexity index is 660. The maximum Gasteiger partial charge on any atom is 0.244 e. The summed E-state index contributed by atoms with van der Waals surface area (Å²) >= 11 is 3.46. The molecule has 23 heavy (non-hydrogen) atoms. The fourth-order valence-electron chi connectivity index (χ4n) is 2.88. The number of rotatable bonds is 4. The van der Waals surface area contributed by atoms with Crippen LogP contribution in [0.2, 0.25) is 0 Å². The number of carbonyl (C=O) groups excluding carboxylic acids is 1. The highest BCUT2D eigenvalue weighted by molar-refractivity contribution is 9.10. The van der Waals surface area contributed by atoms with E-state index >= 15 is 0 Å². The van der Waals surface area contributed by atoms with Gasteiger partial charge in [-0.3, -0.25) is 4.79 Å². The Kier molecular flexibility index (Phi) is 7.07. The van der Waals surface area contributed by atoms with Gasteiger partial charge in [0.25, 0.3) is 0 Å². The molecule has 8 heteroatoms. The predicted molar refractivity (Wildman–Crippen MR) is 97.5 cm³/mol. The SMILES string of the molecule is CN(Cc1ccccc1Br)C(=O)C1(S(C)(=O)=O)CCNCC1.Cl. The molecule has 0 spiro atoms. The Labute approximate surface area is 152 Å². The Hall–Kier alpha value is -0.630. The van der Waals surface area contributed by atoms with Crippen LogP contribution in [0, 0.1) is 0 Å². The molecule has 1 saturated heterocycles. The smallest absolute Gasteiger partial charge is 0.244 e. The average molecular weight is 426 g/mol. The lowest BCUT2D eigenvalue weighted by Gasteiger charge is -2.37. The van der Waals surface area contributed by atoms with Crippen molar-refractivity contribution in [1.82, 2.24) is 10.2 Å². The second-order valence-corrected chi connectivity index (χ2v) is 8.95. The van der Waals surface area contributed by atoms with Crippen molar-refractivity contribution in [2.75, 3.05) is 26.4 Å². The quantitative estimate of drug-likeness (QED) is 0.801. The van der Waals surface area contributed by atoms with Crippen LogP contribution < -0.4 is 5.32 Å². The van der Waals surface area contributed by atoms with Crippen LogP contribution in [-0.2, 0) is 21.2 Å². The maximum absolute atomic E-state index is 12.9. The normalized spacial score (nSPS) is 17.2. The number of amides is 1. The van der Waals surface area contributed by atoms with E-state index in [2.05, 4.69) is 21.2 Å². The van der Waals surface area contributed by atoms with Crippen LogP contribution >= 0.6 is 28.3 Å². The molecule has 1 aliphatic heterocycles. The summed E-state index contributed by atoms with van der Waals surface area (Å²) in [4.78, 5) is 14.4. The van der Waals surface area contributed by atoms with Crippen molar-refractivity contribution in [2.24, 2.45) is 0 Å². The molecule has 1 heterocycles. The van der Waals surface area contributed by atoms with Gasteiger partial charge in [-0.15, -0.1) is 12.4 Å². The van der Waals surface area contributed by atoms with Crippen LogP contribution in [0.5, 0.6) is 0 Å². The van der Waals surface area contributed by atoms with E-state index in [1.165, 1.54) is 11.2 Å². The number of sulfone groups is 1. The topological polar surface area (TPSA) is 66.5 Å². The third-order valence-corrected chi connectivity index (χ3v) is 7.00. The van der Waals surface area contributed by atoms with Gasteiger partial charge in [0.15, 0.2) is 14.6 Å². The van der Waals surface area contributed by atoms with E-state index in [4.69, 9.17) is 0 Å². The van der Waals surface area contributed by atoms with E-state index < -0.39 is 14.6 Å². The van der Waals surface area contributed by atoms with Crippen molar-refractivity contribution in [2.45, 2.75) is 24.1 Å². The fraction of sp³-hybridized carbons (Fsp3) is 0.533. The van der Waals surface area contributed by atoms with Crippen molar-refractivity contribution in [3.63, 3.8) is 0 Å². The molecule has 1 amide bonds. The second-order valence-electron chi connectivity index (χ2n) is 5.77. The molecule has 1 fully saturated rings. The van der Waals surface area contributed by atoms with Crippen molar-refractivity contribution in [3.8, 4) is 0 Å². The molecule has 130 valence electrons. The van der Waals surface area contributed by atoms with Crippen molar-refractivity contribution in [3.05, 3.63) is 34.3 Å². The molecule has 1 aromatic carbocycles. The van der Waals surface area contributed by atoms with Crippen LogP contribution in [0.15, 0.2) is 28.7 Å². The summed E-state index contributed by atoms with van der Waals surface area (Å²) in [5.41, 5.74) is 0.955. The van der Waals surface area contributed by atoms with Crippen molar-refractivity contribution in [1.29, 1.82) is 0 Å². The zero-order chi connectivity index (χ0) is 16.4. The van der Waals surface area contributed by atoms with E-state index in [1.807, 2.05) is 24.3 Å². The summed E-state index contributed by atoms with van der Waals surface area (Å²) in [7, 11) is -1.81. The van der Waals surface area contributed by atoms with Gasteiger partial charge in [0.1, 0.15) is 0 Å². The van der Waals surface area contributed by atoms with E-state index in [0.717, 1.165) is 10.0 Å². The average Bonchev–Trinajstić information content (AvgIpc) is 2.48. The number of nitrogens with zero attached hydrogens (tertiary/aromatic N) is 1. The summed E-state index contributed by atoms with van der Waals surface area (Å²) in [5.74, 6) is -0.313. The van der Waals surface area contributed by atoms with Gasteiger partial charge in [-0.25, -0.2) is 8.42 Å². The molecular formula is C15H22BrClN2O3S. The summed E-state index contributed by atoms with van der Waals surface area (Å²) in [6.45, 7) is 1.47. The standard InChI is InChI=1S/C15H21BrN2O3S.ClH/c1-18(11-12-5-3-4-6-13(12)16)14(19)15(22(2,20)21)7-9-17-10-8-15;/h3-6,17H,7-11H2,1-2H3;1H. The highest BCUT2D eigenvalue weighted by Gasteiger charge is 2.49. The first-order chi connectivity index (χ1) is 10.3. The number of benzene rings is 1.